The van der Waals surface area contributed by atoms with Crippen LogP contribution in [0.25, 0.3) is 0 Å². The third kappa shape index (κ3) is 4.60. The lowest BCUT2D eigenvalue weighted by molar-refractivity contribution is -0.122. The van der Waals surface area contributed by atoms with E-state index < -0.39 is 0 Å². The maximum atomic E-state index is 11.9. The largest absolute Gasteiger partial charge is 0.356 e. The number of carbonyl (C=O) groups excluding carboxylic acids is 1. The van der Waals surface area contributed by atoms with E-state index in [9.17, 15) is 4.79 Å². The summed E-state index contributed by atoms with van der Waals surface area (Å²) in [4.78, 5) is 11.9. The highest BCUT2D eigenvalue weighted by Gasteiger charge is 2.21. The van der Waals surface area contributed by atoms with Crippen LogP contribution in [0.5, 0.6) is 0 Å². The third-order valence-corrected chi connectivity index (χ3v) is 4.68. The molecular weight excluding hydrogens is 224 g/mol. The lowest BCUT2D eigenvalue weighted by Gasteiger charge is -2.26. The Hall–Kier alpha value is -0.570. The predicted molar refractivity (Wildman–Crippen MR) is 74.1 cm³/mol. The summed E-state index contributed by atoms with van der Waals surface area (Å²) in [6.45, 7) is 0.908. The molecule has 0 aromatic rings. The fourth-order valence-corrected chi connectivity index (χ4v) is 3.38. The van der Waals surface area contributed by atoms with Gasteiger partial charge in [-0.2, -0.15) is 0 Å². The summed E-state index contributed by atoms with van der Waals surface area (Å²) in [5.41, 5.74) is 5.88. The molecule has 2 fully saturated rings. The van der Waals surface area contributed by atoms with E-state index in [-0.39, 0.29) is 5.91 Å². The van der Waals surface area contributed by atoms with Gasteiger partial charge in [-0.05, 0) is 50.4 Å². The van der Waals surface area contributed by atoms with Gasteiger partial charge in [-0.25, -0.2) is 0 Å². The van der Waals surface area contributed by atoms with E-state index in [0.29, 0.717) is 12.0 Å². The highest BCUT2D eigenvalue weighted by molar-refractivity contribution is 5.76. The minimum Gasteiger partial charge on any atom is -0.356 e. The van der Waals surface area contributed by atoms with Crippen molar-refractivity contribution >= 4 is 5.91 Å². The van der Waals surface area contributed by atoms with Gasteiger partial charge in [0.05, 0.1) is 0 Å². The van der Waals surface area contributed by atoms with E-state index in [2.05, 4.69) is 5.32 Å². The van der Waals surface area contributed by atoms with E-state index in [1.165, 1.54) is 32.1 Å². The van der Waals surface area contributed by atoms with E-state index in [4.69, 9.17) is 5.73 Å². The van der Waals surface area contributed by atoms with E-state index in [1.54, 1.807) is 0 Å². The molecule has 1 amide bonds. The van der Waals surface area contributed by atoms with Gasteiger partial charge in [-0.15, -0.1) is 0 Å². The molecule has 3 heteroatoms. The van der Waals surface area contributed by atoms with Gasteiger partial charge in [0.1, 0.15) is 0 Å². The van der Waals surface area contributed by atoms with Crippen LogP contribution in [0.4, 0.5) is 0 Å². The number of amides is 1. The Balaban J connectivity index is 1.59. The van der Waals surface area contributed by atoms with Crippen LogP contribution in [-0.4, -0.2) is 18.5 Å². The summed E-state index contributed by atoms with van der Waals surface area (Å²) < 4.78 is 0. The molecule has 0 spiro atoms. The molecule has 2 aliphatic carbocycles. The van der Waals surface area contributed by atoms with Gasteiger partial charge < -0.3 is 11.1 Å². The van der Waals surface area contributed by atoms with Gasteiger partial charge in [0.15, 0.2) is 0 Å². The van der Waals surface area contributed by atoms with Gasteiger partial charge in [0.2, 0.25) is 5.91 Å². The second-order valence-corrected chi connectivity index (χ2v) is 6.29. The van der Waals surface area contributed by atoms with Crippen LogP contribution >= 0.6 is 0 Å². The first-order valence-corrected chi connectivity index (χ1v) is 7.76. The standard InChI is InChI=1S/C15H28N2O/c16-14-8-6-12(7-9-14)10-15(18)17-11-13-4-2-1-3-5-13/h12-14H,1-11,16H2,(H,17,18). The summed E-state index contributed by atoms with van der Waals surface area (Å²) in [7, 11) is 0. The van der Waals surface area contributed by atoms with Crippen molar-refractivity contribution in [3.63, 3.8) is 0 Å². The van der Waals surface area contributed by atoms with E-state index in [1.807, 2.05) is 0 Å². The van der Waals surface area contributed by atoms with E-state index >= 15 is 0 Å². The minimum absolute atomic E-state index is 0.265. The van der Waals surface area contributed by atoms with Gasteiger partial charge in [-0.1, -0.05) is 19.3 Å². The monoisotopic (exact) mass is 252 g/mol. The second-order valence-electron chi connectivity index (χ2n) is 6.29. The Kier molecular flexibility index (Phi) is 5.48. The molecule has 0 unspecified atom stereocenters. The van der Waals surface area contributed by atoms with Gasteiger partial charge >= 0.3 is 0 Å². The first-order chi connectivity index (χ1) is 8.74. The number of rotatable bonds is 4. The molecular formula is C15H28N2O. The van der Waals surface area contributed by atoms with Crippen LogP contribution in [0.2, 0.25) is 0 Å². The van der Waals surface area contributed by atoms with E-state index in [0.717, 1.165) is 44.6 Å². The Bertz CT molecular complexity index is 253. The van der Waals surface area contributed by atoms with Crippen molar-refractivity contribution in [3.8, 4) is 0 Å². The molecule has 0 atom stereocenters. The van der Waals surface area contributed by atoms with Crippen molar-refractivity contribution in [1.29, 1.82) is 0 Å². The van der Waals surface area contributed by atoms with Gasteiger partial charge in [0.25, 0.3) is 0 Å². The van der Waals surface area contributed by atoms with Gasteiger partial charge in [-0.3, -0.25) is 4.79 Å². The highest BCUT2D eigenvalue weighted by atomic mass is 16.1. The summed E-state index contributed by atoms with van der Waals surface area (Å²) in [5.74, 6) is 1.58. The lowest BCUT2D eigenvalue weighted by atomic mass is 9.84. The molecule has 0 radical (unpaired) electrons. The van der Waals surface area contributed by atoms with Crippen LogP contribution in [-0.2, 0) is 4.79 Å². The van der Waals surface area contributed by atoms with Crippen molar-refractivity contribution in [2.45, 2.75) is 70.3 Å². The first-order valence-electron chi connectivity index (χ1n) is 7.76. The van der Waals surface area contributed by atoms with Crippen LogP contribution in [0.15, 0.2) is 0 Å². The SMILES string of the molecule is NC1CCC(CC(=O)NCC2CCCCC2)CC1. The maximum Gasteiger partial charge on any atom is 0.220 e. The number of hydrogen-bond acceptors (Lipinski definition) is 2. The summed E-state index contributed by atoms with van der Waals surface area (Å²) in [6.07, 6.45) is 11.9. The molecule has 0 bridgehead atoms. The van der Waals surface area contributed by atoms with Crippen LogP contribution < -0.4 is 11.1 Å². The number of hydrogen-bond donors (Lipinski definition) is 2. The fourth-order valence-electron chi connectivity index (χ4n) is 3.38. The molecule has 0 aliphatic heterocycles. The zero-order valence-corrected chi connectivity index (χ0v) is 11.5. The molecule has 18 heavy (non-hydrogen) atoms. The zero-order chi connectivity index (χ0) is 12.8. The predicted octanol–water partition coefficient (Wildman–Crippen LogP) is 2.59. The molecule has 2 aliphatic rings. The smallest absolute Gasteiger partial charge is 0.220 e. The van der Waals surface area contributed by atoms with Crippen molar-refractivity contribution in [3.05, 3.63) is 0 Å². The molecule has 0 heterocycles. The highest BCUT2D eigenvalue weighted by Crippen LogP contribution is 2.26. The number of carbonyl (C=O) groups is 1. The molecule has 0 aromatic heterocycles. The van der Waals surface area contributed by atoms with Crippen molar-refractivity contribution in [2.24, 2.45) is 17.6 Å². The average Bonchev–Trinajstić information content (AvgIpc) is 2.40. The molecule has 0 saturated heterocycles. The molecule has 3 nitrogen and oxygen atoms in total. The Morgan fingerprint density at radius 2 is 1.61 bits per heavy atom. The van der Waals surface area contributed by atoms with Crippen molar-refractivity contribution < 1.29 is 4.79 Å². The van der Waals surface area contributed by atoms with Crippen LogP contribution in [0, 0.1) is 11.8 Å². The Labute approximate surface area is 111 Å². The quantitative estimate of drug-likeness (QED) is 0.808. The third-order valence-electron chi connectivity index (χ3n) is 4.68. The lowest BCUT2D eigenvalue weighted by Crippen LogP contribution is -2.33. The fraction of sp³-hybridized carbons (Fsp3) is 0.933. The summed E-state index contributed by atoms with van der Waals surface area (Å²) >= 11 is 0. The molecule has 0 aromatic carbocycles. The molecule has 104 valence electrons. The normalized spacial score (nSPS) is 30.1. The Morgan fingerprint density at radius 3 is 2.28 bits per heavy atom. The number of nitrogens with one attached hydrogen (secondary N) is 1. The summed E-state index contributed by atoms with van der Waals surface area (Å²) in [5, 5.41) is 3.14. The second kappa shape index (κ2) is 7.13. The topological polar surface area (TPSA) is 55.1 Å². The van der Waals surface area contributed by atoms with Crippen LogP contribution in [0.1, 0.15) is 64.2 Å². The summed E-state index contributed by atoms with van der Waals surface area (Å²) in [6, 6.07) is 0.381. The minimum atomic E-state index is 0.265. The Morgan fingerprint density at radius 1 is 0.944 bits per heavy atom. The van der Waals surface area contributed by atoms with Crippen molar-refractivity contribution in [2.75, 3.05) is 6.54 Å². The molecule has 2 saturated carbocycles. The zero-order valence-electron chi connectivity index (χ0n) is 11.5. The molecule has 2 rings (SSSR count). The van der Waals surface area contributed by atoms with Gasteiger partial charge in [0, 0.05) is 19.0 Å². The van der Waals surface area contributed by atoms with Crippen molar-refractivity contribution in [1.82, 2.24) is 5.32 Å². The maximum absolute atomic E-state index is 11.9. The first kappa shape index (κ1) is 13.9. The average molecular weight is 252 g/mol. The number of nitrogens with two attached hydrogens (primary N) is 1. The molecule has 3 N–H and O–H groups in total. The van der Waals surface area contributed by atoms with Crippen LogP contribution in [0.3, 0.4) is 0 Å².